The number of hydrogen-bond donors (Lipinski definition) is 3. The summed E-state index contributed by atoms with van der Waals surface area (Å²) < 4.78 is 5.25. The molecule has 0 saturated heterocycles. The van der Waals surface area contributed by atoms with Crippen molar-refractivity contribution in [1.29, 1.82) is 0 Å². The predicted octanol–water partition coefficient (Wildman–Crippen LogP) is 2.30. The van der Waals surface area contributed by atoms with Crippen LogP contribution in [-0.4, -0.2) is 35.0 Å². The van der Waals surface area contributed by atoms with Crippen molar-refractivity contribution in [1.82, 2.24) is 20.8 Å². The molecule has 0 aliphatic heterocycles. The van der Waals surface area contributed by atoms with Crippen LogP contribution >= 0.6 is 0 Å². The largest absolute Gasteiger partial charge is 0.444 e. The van der Waals surface area contributed by atoms with Gasteiger partial charge >= 0.3 is 6.09 Å². The molecular formula is C15H28N4O2. The number of carbonyl (C=O) groups excluding carboxylic acids is 1. The molecule has 1 amide bonds. The number of alkyl carbamates (subject to hydrolysis) is 1. The van der Waals surface area contributed by atoms with Gasteiger partial charge in [-0.2, -0.15) is 5.10 Å². The molecule has 0 saturated carbocycles. The minimum Gasteiger partial charge on any atom is -0.444 e. The Hall–Kier alpha value is -1.56. The molecule has 0 aliphatic carbocycles. The van der Waals surface area contributed by atoms with Crippen LogP contribution in [0.25, 0.3) is 0 Å². The SMILES string of the molecule is CC(C)C(CNCc1cn[nH]c1)CNC(=O)OC(C)(C)C. The molecule has 3 N–H and O–H groups in total. The maximum Gasteiger partial charge on any atom is 0.407 e. The molecule has 0 radical (unpaired) electrons. The van der Waals surface area contributed by atoms with Gasteiger partial charge in [0.25, 0.3) is 0 Å². The highest BCUT2D eigenvalue weighted by Crippen LogP contribution is 2.10. The van der Waals surface area contributed by atoms with Crippen molar-refractivity contribution in [3.05, 3.63) is 18.0 Å². The van der Waals surface area contributed by atoms with Crippen LogP contribution in [0, 0.1) is 11.8 Å². The highest BCUT2D eigenvalue weighted by Gasteiger charge is 2.18. The molecule has 1 aromatic rings. The number of nitrogens with zero attached hydrogens (tertiary/aromatic N) is 1. The molecule has 0 fully saturated rings. The number of amides is 1. The molecule has 6 heteroatoms. The predicted molar refractivity (Wildman–Crippen MR) is 82.9 cm³/mol. The Balaban J connectivity index is 2.31. The third kappa shape index (κ3) is 7.70. The fourth-order valence-corrected chi connectivity index (χ4v) is 1.85. The lowest BCUT2D eigenvalue weighted by Gasteiger charge is -2.24. The van der Waals surface area contributed by atoms with Gasteiger partial charge in [-0.05, 0) is 32.6 Å². The molecule has 0 bridgehead atoms. The summed E-state index contributed by atoms with van der Waals surface area (Å²) in [6.07, 6.45) is 3.31. The molecular weight excluding hydrogens is 268 g/mol. The first-order valence-electron chi connectivity index (χ1n) is 7.43. The number of aromatic nitrogens is 2. The average Bonchev–Trinajstić information content (AvgIpc) is 2.83. The molecule has 21 heavy (non-hydrogen) atoms. The molecule has 6 nitrogen and oxygen atoms in total. The van der Waals surface area contributed by atoms with Gasteiger partial charge in [-0.3, -0.25) is 5.10 Å². The maximum atomic E-state index is 11.7. The van der Waals surface area contributed by atoms with Crippen LogP contribution in [0.3, 0.4) is 0 Å². The minimum atomic E-state index is -0.461. The summed E-state index contributed by atoms with van der Waals surface area (Å²) in [5, 5.41) is 12.9. The summed E-state index contributed by atoms with van der Waals surface area (Å²) in [5.41, 5.74) is 0.661. The van der Waals surface area contributed by atoms with Gasteiger partial charge in [0.2, 0.25) is 0 Å². The van der Waals surface area contributed by atoms with Crippen LogP contribution in [-0.2, 0) is 11.3 Å². The van der Waals surface area contributed by atoms with Crippen LogP contribution in [0.1, 0.15) is 40.2 Å². The Morgan fingerprint density at radius 2 is 2.10 bits per heavy atom. The lowest BCUT2D eigenvalue weighted by Crippen LogP contribution is -2.39. The van der Waals surface area contributed by atoms with Gasteiger partial charge in [0.05, 0.1) is 6.20 Å². The Morgan fingerprint density at radius 3 is 2.62 bits per heavy atom. The maximum absolute atomic E-state index is 11.7. The van der Waals surface area contributed by atoms with Crippen LogP contribution in [0.2, 0.25) is 0 Å². The van der Waals surface area contributed by atoms with E-state index in [1.165, 1.54) is 0 Å². The topological polar surface area (TPSA) is 79.0 Å². The highest BCUT2D eigenvalue weighted by molar-refractivity contribution is 5.67. The van der Waals surface area contributed by atoms with Crippen molar-refractivity contribution in [2.45, 2.75) is 46.8 Å². The van der Waals surface area contributed by atoms with Crippen LogP contribution < -0.4 is 10.6 Å². The second-order valence-corrected chi connectivity index (χ2v) is 6.62. The smallest absolute Gasteiger partial charge is 0.407 e. The van der Waals surface area contributed by atoms with E-state index in [2.05, 4.69) is 34.7 Å². The number of rotatable bonds is 7. The average molecular weight is 296 g/mol. The Morgan fingerprint density at radius 1 is 1.38 bits per heavy atom. The van der Waals surface area contributed by atoms with Gasteiger partial charge in [-0.1, -0.05) is 13.8 Å². The summed E-state index contributed by atoms with van der Waals surface area (Å²) in [6.45, 7) is 12.1. The summed E-state index contributed by atoms with van der Waals surface area (Å²) >= 11 is 0. The summed E-state index contributed by atoms with van der Waals surface area (Å²) in [4.78, 5) is 11.7. The zero-order valence-electron chi connectivity index (χ0n) is 13.7. The molecule has 1 atom stereocenters. The molecule has 1 heterocycles. The molecule has 1 unspecified atom stereocenters. The Bertz CT molecular complexity index is 410. The van der Waals surface area contributed by atoms with Gasteiger partial charge in [0.15, 0.2) is 0 Å². The third-order valence-electron chi connectivity index (χ3n) is 3.14. The van der Waals surface area contributed by atoms with E-state index < -0.39 is 5.60 Å². The Labute approximate surface area is 127 Å². The number of nitrogens with one attached hydrogen (secondary N) is 3. The third-order valence-corrected chi connectivity index (χ3v) is 3.14. The Kier molecular flexibility index (Phi) is 6.68. The standard InChI is InChI=1S/C15H28N4O2/c1-11(2)13(9-16-6-12-7-18-19-8-12)10-17-14(20)21-15(3,4)5/h7-8,11,13,16H,6,9-10H2,1-5H3,(H,17,20)(H,18,19). The molecule has 1 rings (SSSR count). The van der Waals surface area contributed by atoms with Gasteiger partial charge in [0.1, 0.15) is 5.60 Å². The number of hydrogen-bond acceptors (Lipinski definition) is 4. The zero-order chi connectivity index (χ0) is 15.9. The van der Waals surface area contributed by atoms with E-state index >= 15 is 0 Å². The molecule has 0 spiro atoms. The normalized spacial score (nSPS) is 13.2. The fraction of sp³-hybridized carbons (Fsp3) is 0.733. The van der Waals surface area contributed by atoms with Gasteiger partial charge < -0.3 is 15.4 Å². The van der Waals surface area contributed by atoms with E-state index in [4.69, 9.17) is 4.74 Å². The van der Waals surface area contributed by atoms with Gasteiger partial charge in [0, 0.05) is 31.4 Å². The van der Waals surface area contributed by atoms with E-state index in [1.807, 2.05) is 27.0 Å². The van der Waals surface area contributed by atoms with E-state index in [0.29, 0.717) is 18.4 Å². The van der Waals surface area contributed by atoms with Crippen molar-refractivity contribution < 1.29 is 9.53 Å². The summed E-state index contributed by atoms with van der Waals surface area (Å²) in [5.74, 6) is 0.821. The minimum absolute atomic E-state index is 0.351. The number of aromatic amines is 1. The quantitative estimate of drug-likeness (QED) is 0.721. The van der Waals surface area contributed by atoms with E-state index in [1.54, 1.807) is 6.20 Å². The van der Waals surface area contributed by atoms with Gasteiger partial charge in [-0.25, -0.2) is 4.79 Å². The van der Waals surface area contributed by atoms with Crippen LogP contribution in [0.4, 0.5) is 4.79 Å². The van der Waals surface area contributed by atoms with Crippen molar-refractivity contribution in [3.8, 4) is 0 Å². The molecule has 120 valence electrons. The second kappa shape index (κ2) is 8.02. The van der Waals surface area contributed by atoms with E-state index in [0.717, 1.165) is 18.7 Å². The number of ether oxygens (including phenoxy) is 1. The molecule has 0 aromatic carbocycles. The van der Waals surface area contributed by atoms with E-state index in [9.17, 15) is 4.79 Å². The fourth-order valence-electron chi connectivity index (χ4n) is 1.85. The first-order chi connectivity index (χ1) is 9.78. The lowest BCUT2D eigenvalue weighted by molar-refractivity contribution is 0.0515. The number of carbonyl (C=O) groups is 1. The second-order valence-electron chi connectivity index (χ2n) is 6.62. The van der Waals surface area contributed by atoms with E-state index in [-0.39, 0.29) is 6.09 Å². The van der Waals surface area contributed by atoms with Crippen LogP contribution in [0.5, 0.6) is 0 Å². The molecule has 0 aliphatic rings. The van der Waals surface area contributed by atoms with Crippen molar-refractivity contribution in [3.63, 3.8) is 0 Å². The summed E-state index contributed by atoms with van der Waals surface area (Å²) in [7, 11) is 0. The van der Waals surface area contributed by atoms with Crippen LogP contribution in [0.15, 0.2) is 12.4 Å². The zero-order valence-corrected chi connectivity index (χ0v) is 13.7. The first-order valence-corrected chi connectivity index (χ1v) is 7.43. The number of H-pyrrole nitrogens is 1. The summed E-state index contributed by atoms with van der Waals surface area (Å²) in [6, 6.07) is 0. The molecule has 1 aromatic heterocycles. The van der Waals surface area contributed by atoms with Crippen molar-refractivity contribution in [2.24, 2.45) is 11.8 Å². The first kappa shape index (κ1) is 17.5. The van der Waals surface area contributed by atoms with Crippen molar-refractivity contribution in [2.75, 3.05) is 13.1 Å². The van der Waals surface area contributed by atoms with Gasteiger partial charge in [-0.15, -0.1) is 0 Å². The lowest BCUT2D eigenvalue weighted by atomic mass is 9.96. The monoisotopic (exact) mass is 296 g/mol. The highest BCUT2D eigenvalue weighted by atomic mass is 16.6. The van der Waals surface area contributed by atoms with Crippen molar-refractivity contribution >= 4 is 6.09 Å².